The summed E-state index contributed by atoms with van der Waals surface area (Å²) in [5, 5.41) is 18.8. The van der Waals surface area contributed by atoms with E-state index in [1.54, 1.807) is 84.2 Å². The molecule has 2 aromatic heterocycles. The number of hydrogen-bond acceptors (Lipinski definition) is 21. The number of alkyl carbamates (subject to hydrolysis) is 1. The lowest BCUT2D eigenvalue weighted by Gasteiger charge is -2.27. The molecule has 4 heterocycles. The second-order valence-corrected chi connectivity index (χ2v) is 24.1. The third-order valence-corrected chi connectivity index (χ3v) is 13.7. The lowest BCUT2D eigenvalue weighted by molar-refractivity contribution is -0.199. The molecule has 7 atom stereocenters. The molecule has 2 fully saturated rings. The molecular formula is C56H70N8O17S. The van der Waals surface area contributed by atoms with Gasteiger partial charge in [-0.05, 0) is 110 Å². The molecule has 3 amide bonds. The number of aromatic hydroxyl groups is 1. The predicted molar refractivity (Wildman–Crippen MR) is 292 cm³/mol. The maximum Gasteiger partial charge on any atom is 0.408 e. The summed E-state index contributed by atoms with van der Waals surface area (Å²) in [4.78, 5) is 93.4. The van der Waals surface area contributed by atoms with Gasteiger partial charge >= 0.3 is 34.1 Å². The average Bonchev–Trinajstić information content (AvgIpc) is 2.47. The molecule has 3 aromatic carbocycles. The van der Waals surface area contributed by atoms with Crippen molar-refractivity contribution in [3.8, 4) is 11.5 Å². The number of fused-ring (bicyclic) bond motifs is 2. The molecule has 0 aliphatic carbocycles. The number of aromatic nitrogens is 4. The van der Waals surface area contributed by atoms with Crippen LogP contribution in [-0.4, -0.2) is 129 Å². The zero-order valence-corrected chi connectivity index (χ0v) is 48.0. The maximum atomic E-state index is 14.4. The Hall–Kier alpha value is -7.94. The van der Waals surface area contributed by atoms with Crippen LogP contribution in [0.1, 0.15) is 116 Å². The summed E-state index contributed by atoms with van der Waals surface area (Å²) >= 11 is 0. The number of hydrogen-bond donors (Lipinski definition) is 5. The van der Waals surface area contributed by atoms with Crippen LogP contribution in [0.5, 0.6) is 11.5 Å². The second kappa shape index (κ2) is 25.5. The summed E-state index contributed by atoms with van der Waals surface area (Å²) in [6.07, 6.45) is -1.98. The van der Waals surface area contributed by atoms with Gasteiger partial charge in [-0.3, -0.25) is 19.0 Å². The van der Waals surface area contributed by atoms with Gasteiger partial charge in [0.1, 0.15) is 94.7 Å². The van der Waals surface area contributed by atoms with E-state index in [1.165, 1.54) is 36.9 Å². The fourth-order valence-corrected chi connectivity index (χ4v) is 9.83. The van der Waals surface area contributed by atoms with Gasteiger partial charge in [0.05, 0.1) is 6.33 Å². The molecule has 6 N–H and O–H groups in total. The molecule has 25 nitrogen and oxygen atoms in total. The van der Waals surface area contributed by atoms with Crippen molar-refractivity contribution in [2.24, 2.45) is 5.92 Å². The topological polar surface area (TPSA) is 336 Å². The molecule has 0 radical (unpaired) electrons. The lowest BCUT2D eigenvalue weighted by atomic mass is 10.0. The molecule has 2 saturated heterocycles. The number of phenols is 1. The van der Waals surface area contributed by atoms with E-state index in [0.717, 1.165) is 18.2 Å². The number of rotatable bonds is 22. The average molecular weight is 1160 g/mol. The summed E-state index contributed by atoms with van der Waals surface area (Å²) in [6, 6.07) is 13.2. The minimum atomic E-state index is -4.67. The largest absolute Gasteiger partial charge is 0.507 e. The standard InChI is InChI=1S/C56H70N8O17S/c1-31(2)24-39(52(70)74-27-33-14-12-11-13-15-33)62-49(68)38(61-48(67)37(63-53(71)80-55(6,7)8)22-23-42(66)77-54(3,4)5)25-32-16-18-34(19-17-32)81-82(72,73)35-20-21-36(40(65)26-35)51(69)75-28-41-44-45(79-56(9,10)78-44)50(76-41)64-30-60-43-46(57)58-29-59-47(43)64/h11-21,26,29-31,37-39,41,44-45,50,65H,22-25,27-28H2,1-10H3,(H,61,67)(H,62,68)(H,63,71)(H2,57,58,59)/t37-,38-,39-,41+,44+,45+,50+/m0/s1. The summed E-state index contributed by atoms with van der Waals surface area (Å²) in [5.41, 5.74) is 5.61. The van der Waals surface area contributed by atoms with Gasteiger partial charge in [-0.25, -0.2) is 29.3 Å². The number of nitrogens with zero attached hydrogens (tertiary/aromatic N) is 4. The number of carbonyl (C=O) groups excluding carboxylic acids is 6. The molecular weight excluding hydrogens is 1090 g/mol. The van der Waals surface area contributed by atoms with Crippen molar-refractivity contribution in [3.63, 3.8) is 0 Å². The van der Waals surface area contributed by atoms with E-state index in [-0.39, 0.29) is 61.9 Å². The van der Waals surface area contributed by atoms with E-state index in [0.29, 0.717) is 22.3 Å². The van der Waals surface area contributed by atoms with Crippen molar-refractivity contribution in [1.82, 2.24) is 35.5 Å². The number of ether oxygens (including phenoxy) is 7. The van der Waals surface area contributed by atoms with Crippen LogP contribution in [0.4, 0.5) is 10.6 Å². The summed E-state index contributed by atoms with van der Waals surface area (Å²) in [7, 11) is -4.67. The Labute approximate surface area is 474 Å². The van der Waals surface area contributed by atoms with Gasteiger partial charge in [0.15, 0.2) is 23.5 Å². The summed E-state index contributed by atoms with van der Waals surface area (Å²) in [5.74, 6) is -6.00. The number of benzene rings is 3. The first-order valence-electron chi connectivity index (χ1n) is 26.4. The van der Waals surface area contributed by atoms with E-state index in [4.69, 9.17) is 43.1 Å². The van der Waals surface area contributed by atoms with Gasteiger partial charge in [0.2, 0.25) is 11.8 Å². The van der Waals surface area contributed by atoms with Crippen LogP contribution in [0.3, 0.4) is 0 Å². The Kier molecular flexibility index (Phi) is 19.2. The number of carbonyl (C=O) groups is 6. The molecule has 0 saturated carbocycles. The number of anilines is 1. The Morgan fingerprint density at radius 3 is 2.11 bits per heavy atom. The Balaban J connectivity index is 1.04. The highest BCUT2D eigenvalue weighted by Gasteiger charge is 2.56. The van der Waals surface area contributed by atoms with Crippen molar-refractivity contribution >= 4 is 62.9 Å². The first-order valence-corrected chi connectivity index (χ1v) is 27.9. The zero-order chi connectivity index (χ0) is 59.9. The van der Waals surface area contributed by atoms with Gasteiger partial charge in [-0.1, -0.05) is 56.3 Å². The Morgan fingerprint density at radius 2 is 1.45 bits per heavy atom. The number of imidazole rings is 1. The van der Waals surface area contributed by atoms with E-state index in [2.05, 4.69) is 30.9 Å². The molecule has 2 aliphatic rings. The molecule has 0 unspecified atom stereocenters. The number of esters is 3. The number of amides is 3. The molecule has 82 heavy (non-hydrogen) atoms. The molecule has 7 rings (SSSR count). The van der Waals surface area contributed by atoms with Gasteiger partial charge in [-0.15, -0.1) is 0 Å². The van der Waals surface area contributed by atoms with Gasteiger partial charge < -0.3 is 64.1 Å². The Bertz CT molecular complexity index is 3230. The minimum Gasteiger partial charge on any atom is -0.507 e. The van der Waals surface area contributed by atoms with Gasteiger partial charge in [0.25, 0.3) is 0 Å². The van der Waals surface area contributed by atoms with Crippen LogP contribution in [0, 0.1) is 5.92 Å². The van der Waals surface area contributed by atoms with Crippen molar-refractivity contribution < 1.29 is 79.6 Å². The SMILES string of the molecule is CC(C)C[C@H](NC(=O)[C@H](Cc1ccc(OS(=O)(=O)c2ccc(C(=O)OC[C@H]3O[C@@H](n4cnc5c(N)ncnc54)[C@@H]4OC(C)(C)O[C@@H]43)c(O)c2)cc1)NC(=O)[C@H](CCC(=O)OC(C)(C)C)NC(=O)OC(C)(C)C)C(=O)OCc1ccccc1. The summed E-state index contributed by atoms with van der Waals surface area (Å²) in [6.45, 7) is 16.6. The van der Waals surface area contributed by atoms with Crippen LogP contribution in [0.15, 0.2) is 90.3 Å². The van der Waals surface area contributed by atoms with Gasteiger partial charge in [0, 0.05) is 18.9 Å². The molecule has 26 heteroatoms. The predicted octanol–water partition coefficient (Wildman–Crippen LogP) is 5.47. The molecule has 5 aromatic rings. The number of nitrogens with two attached hydrogens (primary N) is 1. The third-order valence-electron chi connectivity index (χ3n) is 12.4. The molecule has 2 aliphatic heterocycles. The summed E-state index contributed by atoms with van der Waals surface area (Å²) < 4.78 is 74.8. The van der Waals surface area contributed by atoms with Gasteiger partial charge in [-0.2, -0.15) is 8.42 Å². The maximum absolute atomic E-state index is 14.4. The zero-order valence-electron chi connectivity index (χ0n) is 47.2. The van der Waals surface area contributed by atoms with Crippen LogP contribution in [0.2, 0.25) is 0 Å². The number of phenolic OH excluding ortho intramolecular Hbond substituents is 1. The normalized spacial score (nSPS) is 18.8. The molecule has 0 spiro atoms. The lowest BCUT2D eigenvalue weighted by Crippen LogP contribution is -2.57. The Morgan fingerprint density at radius 1 is 0.793 bits per heavy atom. The highest BCUT2D eigenvalue weighted by atomic mass is 32.2. The van der Waals surface area contributed by atoms with Crippen LogP contribution in [0.25, 0.3) is 11.2 Å². The molecule has 442 valence electrons. The number of nitrogens with one attached hydrogen (secondary N) is 3. The first-order chi connectivity index (χ1) is 38.4. The van der Waals surface area contributed by atoms with Crippen LogP contribution < -0.4 is 25.9 Å². The van der Waals surface area contributed by atoms with Crippen molar-refractivity contribution in [2.75, 3.05) is 12.3 Å². The van der Waals surface area contributed by atoms with E-state index < -0.39 is 116 Å². The fraction of sp³-hybridized carbons (Fsp3) is 0.482. The fourth-order valence-electron chi connectivity index (χ4n) is 8.88. The van der Waals surface area contributed by atoms with Crippen LogP contribution >= 0.6 is 0 Å². The number of nitrogen functional groups attached to an aromatic ring is 1. The van der Waals surface area contributed by atoms with Crippen LogP contribution in [-0.2, 0) is 75.5 Å². The minimum absolute atomic E-state index is 0.0724. The first kappa shape index (κ1) is 61.7. The van der Waals surface area contributed by atoms with Crippen molar-refractivity contribution in [1.29, 1.82) is 0 Å². The third kappa shape index (κ3) is 16.6. The van der Waals surface area contributed by atoms with Crippen molar-refractivity contribution in [3.05, 3.63) is 102 Å². The van der Waals surface area contributed by atoms with E-state index in [9.17, 15) is 42.3 Å². The smallest absolute Gasteiger partial charge is 0.408 e. The van der Waals surface area contributed by atoms with Crippen molar-refractivity contribution in [2.45, 2.75) is 166 Å². The van der Waals surface area contributed by atoms with E-state index in [1.807, 2.05) is 19.9 Å². The highest BCUT2D eigenvalue weighted by Crippen LogP contribution is 2.44. The quantitative estimate of drug-likeness (QED) is 0.0326. The molecule has 0 bridgehead atoms. The monoisotopic (exact) mass is 1160 g/mol. The highest BCUT2D eigenvalue weighted by molar-refractivity contribution is 7.87. The van der Waals surface area contributed by atoms with E-state index >= 15 is 0 Å². The second-order valence-electron chi connectivity index (χ2n) is 22.5.